The van der Waals surface area contributed by atoms with E-state index in [0.29, 0.717) is 18.0 Å². The van der Waals surface area contributed by atoms with Crippen LogP contribution in [-0.4, -0.2) is 5.78 Å². The maximum atomic E-state index is 13.6. The molecule has 0 saturated heterocycles. The lowest BCUT2D eigenvalue weighted by Gasteiger charge is -2.36. The number of hydrogen-bond acceptors (Lipinski definition) is 2. The molecule has 0 aromatic heterocycles. The molecule has 0 bridgehead atoms. The Morgan fingerprint density at radius 1 is 1.38 bits per heavy atom. The molecule has 3 heteroatoms. The smallest absolute Gasteiger partial charge is 0.160 e. The van der Waals surface area contributed by atoms with E-state index in [4.69, 9.17) is 0 Å². The van der Waals surface area contributed by atoms with Gasteiger partial charge in [0, 0.05) is 18.2 Å². The predicted molar refractivity (Wildman–Crippen MR) is 84.5 cm³/mol. The van der Waals surface area contributed by atoms with E-state index in [1.807, 2.05) is 0 Å². The number of para-hydroxylation sites is 1. The first-order chi connectivity index (χ1) is 9.94. The summed E-state index contributed by atoms with van der Waals surface area (Å²) in [5, 5.41) is 2.95. The summed E-state index contributed by atoms with van der Waals surface area (Å²) in [5.74, 6) is 0.388. The highest BCUT2D eigenvalue weighted by atomic mass is 19.1. The van der Waals surface area contributed by atoms with Gasteiger partial charge >= 0.3 is 0 Å². The number of ketones is 1. The normalized spacial score (nSPS) is 21.6. The van der Waals surface area contributed by atoms with E-state index in [2.05, 4.69) is 26.1 Å². The zero-order valence-electron chi connectivity index (χ0n) is 13.1. The monoisotopic (exact) mass is 289 g/mol. The number of carbonyl (C=O) groups is 1. The van der Waals surface area contributed by atoms with Crippen LogP contribution in [0.3, 0.4) is 0 Å². The largest absolute Gasteiger partial charge is 0.359 e. The molecule has 0 aliphatic heterocycles. The molecule has 114 valence electrons. The maximum absolute atomic E-state index is 13.6. The van der Waals surface area contributed by atoms with E-state index in [-0.39, 0.29) is 17.0 Å². The van der Waals surface area contributed by atoms with Crippen LogP contribution in [0.4, 0.5) is 10.1 Å². The van der Waals surface area contributed by atoms with Crippen LogP contribution in [0.1, 0.15) is 46.5 Å². The van der Waals surface area contributed by atoms with Gasteiger partial charge in [-0.1, -0.05) is 39.3 Å². The van der Waals surface area contributed by atoms with Crippen molar-refractivity contribution < 1.29 is 9.18 Å². The SMILES string of the molecule is CCC(C)(C)[C@@H]1CCC(=O)/C(=C/Nc2ccccc2F)C1. The molecule has 1 atom stereocenters. The quantitative estimate of drug-likeness (QED) is 0.796. The molecular formula is C18H24FNO. The van der Waals surface area contributed by atoms with Crippen molar-refractivity contribution in [2.24, 2.45) is 11.3 Å². The molecule has 1 aliphatic rings. The van der Waals surface area contributed by atoms with Crippen molar-refractivity contribution in [2.45, 2.75) is 46.5 Å². The summed E-state index contributed by atoms with van der Waals surface area (Å²) in [6.07, 6.45) is 5.12. The van der Waals surface area contributed by atoms with E-state index >= 15 is 0 Å². The summed E-state index contributed by atoms with van der Waals surface area (Å²) in [6, 6.07) is 6.51. The van der Waals surface area contributed by atoms with Gasteiger partial charge in [0.15, 0.2) is 5.78 Å². The highest BCUT2D eigenvalue weighted by Crippen LogP contribution is 2.41. The lowest BCUT2D eigenvalue weighted by atomic mass is 9.68. The number of rotatable bonds is 4. The number of nitrogens with one attached hydrogen (secondary N) is 1. The van der Waals surface area contributed by atoms with Gasteiger partial charge in [-0.3, -0.25) is 4.79 Å². The minimum Gasteiger partial charge on any atom is -0.359 e. The van der Waals surface area contributed by atoms with Crippen LogP contribution in [0.15, 0.2) is 36.0 Å². The number of carbonyl (C=O) groups excluding carboxylic acids is 1. The molecule has 2 rings (SSSR count). The van der Waals surface area contributed by atoms with Gasteiger partial charge in [0.25, 0.3) is 0 Å². The van der Waals surface area contributed by atoms with Crippen molar-refractivity contribution in [2.75, 3.05) is 5.32 Å². The number of allylic oxidation sites excluding steroid dienone is 1. The first-order valence-corrected chi connectivity index (χ1v) is 7.67. The number of anilines is 1. The van der Waals surface area contributed by atoms with E-state index < -0.39 is 0 Å². The van der Waals surface area contributed by atoms with E-state index in [1.54, 1.807) is 24.4 Å². The second kappa shape index (κ2) is 6.42. The molecule has 1 aromatic rings. The minimum atomic E-state index is -0.303. The summed E-state index contributed by atoms with van der Waals surface area (Å²) < 4.78 is 13.6. The Bertz CT molecular complexity index is 548. The molecule has 21 heavy (non-hydrogen) atoms. The fourth-order valence-corrected chi connectivity index (χ4v) is 2.79. The lowest BCUT2D eigenvalue weighted by molar-refractivity contribution is -0.117. The first kappa shape index (κ1) is 15.7. The highest BCUT2D eigenvalue weighted by molar-refractivity contribution is 5.96. The summed E-state index contributed by atoms with van der Waals surface area (Å²) >= 11 is 0. The standard InChI is InChI=1S/C18H24FNO/c1-4-18(2,3)14-9-10-17(21)13(11-14)12-20-16-8-6-5-7-15(16)19/h5-8,12,14,20H,4,9-11H2,1-3H3/b13-12+/t14-/m1/s1. The fourth-order valence-electron chi connectivity index (χ4n) is 2.79. The molecule has 0 unspecified atom stereocenters. The fraction of sp³-hybridized carbons (Fsp3) is 0.500. The Morgan fingerprint density at radius 3 is 2.76 bits per heavy atom. The minimum absolute atomic E-state index is 0.182. The number of benzene rings is 1. The zero-order valence-corrected chi connectivity index (χ0v) is 13.1. The Morgan fingerprint density at radius 2 is 2.10 bits per heavy atom. The van der Waals surface area contributed by atoms with Crippen molar-refractivity contribution in [3.63, 3.8) is 0 Å². The van der Waals surface area contributed by atoms with Crippen molar-refractivity contribution in [1.82, 2.24) is 0 Å². The van der Waals surface area contributed by atoms with Crippen LogP contribution in [0, 0.1) is 17.2 Å². The molecule has 0 spiro atoms. The molecule has 1 aliphatic carbocycles. The summed E-state index contributed by atoms with van der Waals surface area (Å²) in [7, 11) is 0. The van der Waals surface area contributed by atoms with E-state index in [9.17, 15) is 9.18 Å². The molecule has 0 heterocycles. The van der Waals surface area contributed by atoms with Crippen LogP contribution in [-0.2, 0) is 4.79 Å². The molecule has 1 aromatic carbocycles. The molecule has 1 N–H and O–H groups in total. The topological polar surface area (TPSA) is 29.1 Å². The third-order valence-electron chi connectivity index (χ3n) is 4.84. The highest BCUT2D eigenvalue weighted by Gasteiger charge is 2.33. The van der Waals surface area contributed by atoms with Gasteiger partial charge < -0.3 is 5.32 Å². The predicted octanol–water partition coefficient (Wildman–Crippen LogP) is 4.93. The average molecular weight is 289 g/mol. The van der Waals surface area contributed by atoms with Crippen LogP contribution in [0.25, 0.3) is 0 Å². The molecule has 0 radical (unpaired) electrons. The van der Waals surface area contributed by atoms with Crippen LogP contribution >= 0.6 is 0 Å². The third kappa shape index (κ3) is 3.72. The van der Waals surface area contributed by atoms with Crippen LogP contribution in [0.5, 0.6) is 0 Å². The summed E-state index contributed by atoms with van der Waals surface area (Å²) in [5.41, 5.74) is 1.43. The molecule has 1 saturated carbocycles. The zero-order chi connectivity index (χ0) is 15.5. The number of halogens is 1. The molecule has 2 nitrogen and oxygen atoms in total. The van der Waals surface area contributed by atoms with Crippen molar-refractivity contribution in [3.05, 3.63) is 41.9 Å². The van der Waals surface area contributed by atoms with Gasteiger partial charge in [-0.05, 0) is 36.3 Å². The van der Waals surface area contributed by atoms with Crippen molar-refractivity contribution >= 4 is 11.5 Å². The maximum Gasteiger partial charge on any atom is 0.160 e. The van der Waals surface area contributed by atoms with Gasteiger partial charge in [-0.2, -0.15) is 0 Å². The van der Waals surface area contributed by atoms with Crippen LogP contribution in [0.2, 0.25) is 0 Å². The van der Waals surface area contributed by atoms with Crippen LogP contribution < -0.4 is 5.32 Å². The number of hydrogen-bond donors (Lipinski definition) is 1. The van der Waals surface area contributed by atoms with E-state index in [0.717, 1.165) is 24.8 Å². The van der Waals surface area contributed by atoms with Gasteiger partial charge in [-0.25, -0.2) is 4.39 Å². The Labute approximate surface area is 126 Å². The Kier molecular flexibility index (Phi) is 4.81. The molecular weight excluding hydrogens is 265 g/mol. The lowest BCUT2D eigenvalue weighted by Crippen LogP contribution is -2.29. The molecule has 0 amide bonds. The Hall–Kier alpha value is -1.64. The van der Waals surface area contributed by atoms with Crippen molar-refractivity contribution in [3.8, 4) is 0 Å². The van der Waals surface area contributed by atoms with E-state index in [1.165, 1.54) is 6.07 Å². The van der Waals surface area contributed by atoms with Gasteiger partial charge in [0.1, 0.15) is 5.82 Å². The van der Waals surface area contributed by atoms with Gasteiger partial charge in [-0.15, -0.1) is 0 Å². The van der Waals surface area contributed by atoms with Gasteiger partial charge in [0.05, 0.1) is 5.69 Å². The number of Topliss-reactive ketones (excluding diaryl/α,β-unsaturated/α-hetero) is 1. The first-order valence-electron chi connectivity index (χ1n) is 7.67. The van der Waals surface area contributed by atoms with Gasteiger partial charge in [0.2, 0.25) is 0 Å². The third-order valence-corrected chi connectivity index (χ3v) is 4.84. The summed E-state index contributed by atoms with van der Waals surface area (Å²) in [4.78, 5) is 12.1. The van der Waals surface area contributed by atoms with Crippen molar-refractivity contribution in [1.29, 1.82) is 0 Å². The second-order valence-electron chi connectivity index (χ2n) is 6.50. The molecule has 1 fully saturated rings. The summed E-state index contributed by atoms with van der Waals surface area (Å²) in [6.45, 7) is 6.71. The average Bonchev–Trinajstić information content (AvgIpc) is 2.47. The second-order valence-corrected chi connectivity index (χ2v) is 6.50. The Balaban J connectivity index is 2.12.